The van der Waals surface area contributed by atoms with Gasteiger partial charge in [-0.1, -0.05) is 6.07 Å². The van der Waals surface area contributed by atoms with Gasteiger partial charge in [-0.05, 0) is 31.5 Å². The van der Waals surface area contributed by atoms with Crippen LogP contribution in [0.3, 0.4) is 0 Å². The van der Waals surface area contributed by atoms with Gasteiger partial charge in [0.2, 0.25) is 0 Å². The first kappa shape index (κ1) is 12.1. The zero-order valence-electron chi connectivity index (χ0n) is 8.80. The van der Waals surface area contributed by atoms with Gasteiger partial charge in [0.05, 0.1) is 6.61 Å². The SMILES string of the molecule is C[C@H](N[C@@H](C)CO)c1ccc(F)c(F)c1. The van der Waals surface area contributed by atoms with E-state index in [0.717, 1.165) is 12.1 Å². The molecule has 0 spiro atoms. The number of hydrogen-bond acceptors (Lipinski definition) is 2. The van der Waals surface area contributed by atoms with E-state index < -0.39 is 11.6 Å². The molecule has 0 saturated carbocycles. The summed E-state index contributed by atoms with van der Waals surface area (Å²) in [4.78, 5) is 0. The van der Waals surface area contributed by atoms with Crippen LogP contribution in [-0.4, -0.2) is 17.8 Å². The Hall–Kier alpha value is -1.00. The largest absolute Gasteiger partial charge is 0.395 e. The summed E-state index contributed by atoms with van der Waals surface area (Å²) < 4.78 is 25.6. The van der Waals surface area contributed by atoms with E-state index >= 15 is 0 Å². The molecule has 0 radical (unpaired) electrons. The number of halogens is 2. The lowest BCUT2D eigenvalue weighted by atomic mass is 10.1. The predicted octanol–water partition coefficient (Wildman–Crippen LogP) is 2.00. The second-order valence-corrected chi connectivity index (χ2v) is 3.65. The lowest BCUT2D eigenvalue weighted by Gasteiger charge is -2.18. The third-order valence-corrected chi connectivity index (χ3v) is 2.25. The lowest BCUT2D eigenvalue weighted by molar-refractivity contribution is 0.243. The maximum atomic E-state index is 12.9. The van der Waals surface area contributed by atoms with E-state index in [4.69, 9.17) is 5.11 Å². The minimum atomic E-state index is -0.849. The van der Waals surface area contributed by atoms with Crippen molar-refractivity contribution in [3.63, 3.8) is 0 Å². The second kappa shape index (κ2) is 5.19. The Kier molecular flexibility index (Phi) is 4.17. The predicted molar refractivity (Wildman–Crippen MR) is 54.5 cm³/mol. The average molecular weight is 215 g/mol. The summed E-state index contributed by atoms with van der Waals surface area (Å²) in [5.74, 6) is -1.70. The van der Waals surface area contributed by atoms with Gasteiger partial charge in [0.1, 0.15) is 0 Å². The Morgan fingerprint density at radius 3 is 2.47 bits per heavy atom. The molecule has 0 unspecified atom stereocenters. The fourth-order valence-electron chi connectivity index (χ4n) is 1.36. The molecule has 0 aliphatic rings. The lowest BCUT2D eigenvalue weighted by Crippen LogP contribution is -2.31. The van der Waals surface area contributed by atoms with Gasteiger partial charge >= 0.3 is 0 Å². The maximum absolute atomic E-state index is 12.9. The molecule has 0 aliphatic carbocycles. The van der Waals surface area contributed by atoms with Gasteiger partial charge in [-0.2, -0.15) is 0 Å². The van der Waals surface area contributed by atoms with E-state index in [9.17, 15) is 8.78 Å². The second-order valence-electron chi connectivity index (χ2n) is 3.65. The number of benzene rings is 1. The van der Waals surface area contributed by atoms with Crippen molar-refractivity contribution < 1.29 is 13.9 Å². The van der Waals surface area contributed by atoms with Crippen molar-refractivity contribution in [2.24, 2.45) is 0 Å². The highest BCUT2D eigenvalue weighted by atomic mass is 19.2. The maximum Gasteiger partial charge on any atom is 0.159 e. The summed E-state index contributed by atoms with van der Waals surface area (Å²) >= 11 is 0. The molecular formula is C11H15F2NO. The first-order valence-electron chi connectivity index (χ1n) is 4.86. The zero-order valence-corrected chi connectivity index (χ0v) is 8.80. The van der Waals surface area contributed by atoms with Crippen LogP contribution >= 0.6 is 0 Å². The third-order valence-electron chi connectivity index (χ3n) is 2.25. The number of aliphatic hydroxyl groups is 1. The number of aliphatic hydroxyl groups excluding tert-OH is 1. The van der Waals surface area contributed by atoms with Crippen LogP contribution in [0.5, 0.6) is 0 Å². The Labute approximate surface area is 87.9 Å². The first-order chi connectivity index (χ1) is 7.04. The van der Waals surface area contributed by atoms with Crippen molar-refractivity contribution in [1.82, 2.24) is 5.32 Å². The van der Waals surface area contributed by atoms with Gasteiger partial charge in [-0.3, -0.25) is 0 Å². The fraction of sp³-hybridized carbons (Fsp3) is 0.455. The van der Waals surface area contributed by atoms with Crippen LogP contribution in [-0.2, 0) is 0 Å². The van der Waals surface area contributed by atoms with E-state index in [1.54, 1.807) is 0 Å². The van der Waals surface area contributed by atoms with Gasteiger partial charge in [-0.25, -0.2) is 8.78 Å². The molecule has 4 heteroatoms. The van der Waals surface area contributed by atoms with Crippen LogP contribution in [0.2, 0.25) is 0 Å². The summed E-state index contributed by atoms with van der Waals surface area (Å²) in [6.45, 7) is 3.66. The highest BCUT2D eigenvalue weighted by Crippen LogP contribution is 2.16. The summed E-state index contributed by atoms with van der Waals surface area (Å²) in [5, 5.41) is 11.9. The number of nitrogens with one attached hydrogen (secondary N) is 1. The minimum Gasteiger partial charge on any atom is -0.395 e. The van der Waals surface area contributed by atoms with E-state index in [2.05, 4.69) is 5.32 Å². The molecule has 2 nitrogen and oxygen atoms in total. The molecule has 2 N–H and O–H groups in total. The number of rotatable bonds is 4. The van der Waals surface area contributed by atoms with Crippen molar-refractivity contribution in [2.45, 2.75) is 25.9 Å². The summed E-state index contributed by atoms with van der Waals surface area (Å²) in [5.41, 5.74) is 0.661. The topological polar surface area (TPSA) is 32.3 Å². The molecule has 0 bridgehead atoms. The van der Waals surface area contributed by atoms with E-state index in [-0.39, 0.29) is 18.7 Å². The highest BCUT2D eigenvalue weighted by molar-refractivity contribution is 5.20. The smallest absolute Gasteiger partial charge is 0.159 e. The molecular weight excluding hydrogens is 200 g/mol. The van der Waals surface area contributed by atoms with Crippen LogP contribution in [0.1, 0.15) is 25.5 Å². The van der Waals surface area contributed by atoms with Crippen molar-refractivity contribution in [3.8, 4) is 0 Å². The van der Waals surface area contributed by atoms with Gasteiger partial charge in [0.25, 0.3) is 0 Å². The van der Waals surface area contributed by atoms with Crippen LogP contribution in [0.4, 0.5) is 8.78 Å². The van der Waals surface area contributed by atoms with Crippen LogP contribution in [0.25, 0.3) is 0 Å². The van der Waals surface area contributed by atoms with Gasteiger partial charge < -0.3 is 10.4 Å². The fourth-order valence-corrected chi connectivity index (χ4v) is 1.36. The normalized spacial score (nSPS) is 15.0. The molecule has 1 aromatic rings. The molecule has 84 valence electrons. The standard InChI is InChI=1S/C11H15F2NO/c1-7(6-15)14-8(2)9-3-4-10(12)11(13)5-9/h3-5,7-8,14-15H,6H2,1-2H3/t7-,8-/m0/s1. The first-order valence-corrected chi connectivity index (χ1v) is 4.86. The van der Waals surface area contributed by atoms with Crippen molar-refractivity contribution in [2.75, 3.05) is 6.61 Å². The molecule has 0 aromatic heterocycles. The molecule has 2 atom stereocenters. The number of hydrogen-bond donors (Lipinski definition) is 2. The Morgan fingerprint density at radius 2 is 1.93 bits per heavy atom. The average Bonchev–Trinajstić information content (AvgIpc) is 2.21. The molecule has 0 amide bonds. The summed E-state index contributed by atoms with van der Waals surface area (Å²) in [7, 11) is 0. The van der Waals surface area contributed by atoms with Crippen molar-refractivity contribution in [1.29, 1.82) is 0 Å². The zero-order chi connectivity index (χ0) is 11.4. The molecule has 0 saturated heterocycles. The molecule has 15 heavy (non-hydrogen) atoms. The summed E-state index contributed by atoms with van der Waals surface area (Å²) in [6.07, 6.45) is 0. The monoisotopic (exact) mass is 215 g/mol. The molecule has 0 fully saturated rings. The van der Waals surface area contributed by atoms with Gasteiger partial charge in [-0.15, -0.1) is 0 Å². The Bertz CT molecular complexity index is 330. The van der Waals surface area contributed by atoms with Crippen LogP contribution in [0.15, 0.2) is 18.2 Å². The Balaban J connectivity index is 2.73. The molecule has 1 rings (SSSR count). The van der Waals surface area contributed by atoms with E-state index in [1.807, 2.05) is 13.8 Å². The summed E-state index contributed by atoms with van der Waals surface area (Å²) in [6, 6.07) is 3.60. The molecule has 0 aliphatic heterocycles. The van der Waals surface area contributed by atoms with Crippen molar-refractivity contribution in [3.05, 3.63) is 35.4 Å². The Morgan fingerprint density at radius 1 is 1.27 bits per heavy atom. The molecule has 1 aromatic carbocycles. The van der Waals surface area contributed by atoms with Crippen LogP contribution < -0.4 is 5.32 Å². The van der Waals surface area contributed by atoms with Gasteiger partial charge in [0, 0.05) is 12.1 Å². The third kappa shape index (κ3) is 3.25. The highest BCUT2D eigenvalue weighted by Gasteiger charge is 2.10. The molecule has 0 heterocycles. The van der Waals surface area contributed by atoms with E-state index in [0.29, 0.717) is 5.56 Å². The quantitative estimate of drug-likeness (QED) is 0.805. The van der Waals surface area contributed by atoms with Crippen LogP contribution in [0, 0.1) is 11.6 Å². The van der Waals surface area contributed by atoms with Gasteiger partial charge in [0.15, 0.2) is 11.6 Å². The van der Waals surface area contributed by atoms with Crippen molar-refractivity contribution >= 4 is 0 Å². The van der Waals surface area contributed by atoms with E-state index in [1.165, 1.54) is 6.07 Å². The minimum absolute atomic E-state index is 0.00795.